The summed E-state index contributed by atoms with van der Waals surface area (Å²) in [6.07, 6.45) is 1.20. The summed E-state index contributed by atoms with van der Waals surface area (Å²) in [6.45, 7) is 2.33. The maximum Gasteiger partial charge on any atom is 2.00 e. The first kappa shape index (κ1) is 29.0. The Labute approximate surface area is 222 Å². The van der Waals surface area contributed by atoms with Gasteiger partial charge < -0.3 is 24.8 Å². The van der Waals surface area contributed by atoms with Crippen LogP contribution in [0.2, 0.25) is 0 Å². The van der Waals surface area contributed by atoms with Crippen LogP contribution < -0.4 is 35.4 Å². The van der Waals surface area contributed by atoms with Gasteiger partial charge in [-0.15, -0.1) is 0 Å². The molecule has 0 nitrogen and oxygen atoms in total. The van der Waals surface area contributed by atoms with Crippen LogP contribution in [0.4, 0.5) is 0 Å². The first-order valence-corrected chi connectivity index (χ1v) is 12.3. The van der Waals surface area contributed by atoms with Crippen molar-refractivity contribution in [2.24, 2.45) is 0 Å². The van der Waals surface area contributed by atoms with Crippen LogP contribution in [0.25, 0.3) is 22.3 Å². The Morgan fingerprint density at radius 2 is 0.875 bits per heavy atom. The van der Waals surface area contributed by atoms with E-state index >= 15 is 0 Å². The zero-order chi connectivity index (χ0) is 19.9. The molecule has 0 radical (unpaired) electrons. The smallest absolute Gasteiger partial charge is 1.00 e. The minimum Gasteiger partial charge on any atom is -1.00 e. The van der Waals surface area contributed by atoms with Gasteiger partial charge in [0, 0.05) is 5.40 Å². The minimum absolute atomic E-state index is 0. The van der Waals surface area contributed by atoms with Crippen molar-refractivity contribution >= 4 is 27.8 Å². The Kier molecular flexibility index (Phi) is 13.6. The summed E-state index contributed by atoms with van der Waals surface area (Å²) in [5.74, 6) is 0. The first-order chi connectivity index (χ1) is 14.3. The fraction of sp³-hybridized carbons (Fsp3) is 0.111. The van der Waals surface area contributed by atoms with E-state index < -0.39 is 0 Å². The van der Waals surface area contributed by atoms with Crippen LogP contribution in [0.5, 0.6) is 0 Å². The molecule has 2 atom stereocenters. The number of halogens is 2. The summed E-state index contributed by atoms with van der Waals surface area (Å²) >= 11 is 0. The van der Waals surface area contributed by atoms with Crippen LogP contribution in [0, 0.1) is 0 Å². The Hall–Kier alpha value is -1.02. The fourth-order valence-electron chi connectivity index (χ4n) is 3.57. The maximum absolute atomic E-state index is 2.33. The molecule has 0 spiro atoms. The van der Waals surface area contributed by atoms with E-state index in [0.717, 1.165) is 17.2 Å². The van der Waals surface area contributed by atoms with E-state index in [4.69, 9.17) is 0 Å². The minimum atomic E-state index is 0. The van der Waals surface area contributed by atoms with Gasteiger partial charge in [-0.05, 0) is 39.3 Å². The van der Waals surface area contributed by atoms with Gasteiger partial charge in [-0.1, -0.05) is 133 Å². The molecule has 0 aliphatic heterocycles. The van der Waals surface area contributed by atoms with Crippen LogP contribution in [-0.2, 0) is 20.4 Å². The summed E-state index contributed by atoms with van der Waals surface area (Å²) in [7, 11) is 1.62. The molecule has 0 N–H and O–H groups in total. The predicted octanol–water partition coefficient (Wildman–Crippen LogP) is 1.07. The largest absolute Gasteiger partial charge is 2.00 e. The molecule has 32 heavy (non-hydrogen) atoms. The Balaban J connectivity index is 0.00000171. The summed E-state index contributed by atoms with van der Waals surface area (Å²) < 4.78 is 0. The third kappa shape index (κ3) is 7.51. The van der Waals surface area contributed by atoms with Gasteiger partial charge in [0.05, 0.1) is 0 Å². The number of rotatable bonds is 7. The molecular formula is C27H26Cl2P2Pd. The number of benzene rings is 4. The fourth-order valence-corrected chi connectivity index (χ4v) is 7.10. The van der Waals surface area contributed by atoms with Crippen molar-refractivity contribution in [3.8, 4) is 22.3 Å². The Morgan fingerprint density at radius 1 is 0.531 bits per heavy atom. The van der Waals surface area contributed by atoms with E-state index in [-0.39, 0.29) is 45.2 Å². The van der Waals surface area contributed by atoms with Crippen LogP contribution in [0.3, 0.4) is 0 Å². The van der Waals surface area contributed by atoms with Gasteiger partial charge in [0.15, 0.2) is 0 Å². The second-order valence-corrected chi connectivity index (χ2v) is 10.7. The quantitative estimate of drug-likeness (QED) is 0.224. The van der Waals surface area contributed by atoms with Crippen LogP contribution in [0.1, 0.15) is 13.3 Å². The van der Waals surface area contributed by atoms with Gasteiger partial charge in [-0.3, -0.25) is 0 Å². The molecule has 0 aromatic heterocycles. The summed E-state index contributed by atoms with van der Waals surface area (Å²) in [5, 5.41) is 3.63. The Bertz CT molecular complexity index is 974. The molecule has 2 unspecified atom stereocenters. The van der Waals surface area contributed by atoms with Gasteiger partial charge >= 0.3 is 20.4 Å². The van der Waals surface area contributed by atoms with Crippen LogP contribution in [-0.4, -0.2) is 5.40 Å². The summed E-state index contributed by atoms with van der Waals surface area (Å²) in [6, 6.07) is 39.4. The van der Waals surface area contributed by atoms with Crippen molar-refractivity contribution in [2.45, 2.75) is 18.7 Å². The van der Waals surface area contributed by atoms with E-state index in [1.807, 2.05) is 0 Å². The molecule has 0 saturated carbocycles. The molecule has 4 aromatic rings. The molecule has 0 aliphatic carbocycles. The van der Waals surface area contributed by atoms with Crippen molar-refractivity contribution in [1.29, 1.82) is 0 Å². The van der Waals surface area contributed by atoms with Gasteiger partial charge in [-0.2, -0.15) is 0 Å². The van der Waals surface area contributed by atoms with Gasteiger partial charge in [-0.25, -0.2) is 0 Å². The SMILES string of the molecule is CCC(Pc1ccccc1-c1ccccc1)Pc1ccccc1-c1ccccc1.[Cl-].[Cl-].[Pd+2]. The molecule has 0 amide bonds. The molecule has 0 fully saturated rings. The van der Waals surface area contributed by atoms with Gasteiger partial charge in [0.25, 0.3) is 0 Å². The summed E-state index contributed by atoms with van der Waals surface area (Å²) in [4.78, 5) is 0. The van der Waals surface area contributed by atoms with Crippen molar-refractivity contribution in [1.82, 2.24) is 0 Å². The zero-order valence-electron chi connectivity index (χ0n) is 17.7. The topological polar surface area (TPSA) is 0 Å². The van der Waals surface area contributed by atoms with Crippen molar-refractivity contribution in [2.75, 3.05) is 0 Å². The van der Waals surface area contributed by atoms with E-state index in [1.54, 1.807) is 0 Å². The second kappa shape index (κ2) is 15.0. The second-order valence-electron chi connectivity index (χ2n) is 7.07. The molecule has 5 heteroatoms. The normalized spacial score (nSPS) is 11.5. The molecule has 0 saturated heterocycles. The Morgan fingerprint density at radius 3 is 1.25 bits per heavy atom. The third-order valence-electron chi connectivity index (χ3n) is 5.09. The first-order valence-electron chi connectivity index (χ1n) is 10.2. The average Bonchev–Trinajstić information content (AvgIpc) is 2.80. The summed E-state index contributed by atoms with van der Waals surface area (Å²) in [5.41, 5.74) is 5.40. The van der Waals surface area contributed by atoms with Gasteiger partial charge in [0.2, 0.25) is 0 Å². The molecule has 0 heterocycles. The van der Waals surface area contributed by atoms with Crippen LogP contribution >= 0.6 is 17.2 Å². The molecule has 0 aliphatic rings. The van der Waals surface area contributed by atoms with E-state index in [9.17, 15) is 0 Å². The average molecular weight is 590 g/mol. The van der Waals surface area contributed by atoms with Crippen LogP contribution in [0.15, 0.2) is 109 Å². The molecular weight excluding hydrogens is 564 g/mol. The monoisotopic (exact) mass is 588 g/mol. The van der Waals surface area contributed by atoms with Crippen molar-refractivity contribution in [3.05, 3.63) is 109 Å². The predicted molar refractivity (Wildman–Crippen MR) is 134 cm³/mol. The molecule has 168 valence electrons. The number of hydrogen-bond acceptors (Lipinski definition) is 0. The standard InChI is InChI=1S/C27H26P2.2ClH.Pd/c1-2-27(28-25-19-11-9-17-23(25)21-13-5-3-6-14-21)29-26-20-12-10-18-24(26)22-15-7-4-8-16-22;;;/h3-20,27-29H,2H2,1H3;2*1H;/q;;;+2/p-2. The zero-order valence-corrected chi connectivity index (χ0v) is 22.8. The molecule has 0 bridgehead atoms. The number of hydrogen-bond donors (Lipinski definition) is 0. The van der Waals surface area contributed by atoms with Crippen molar-refractivity contribution < 1.29 is 45.2 Å². The third-order valence-corrected chi connectivity index (χ3v) is 8.96. The molecule has 4 rings (SSSR count). The van der Waals surface area contributed by atoms with E-state index in [2.05, 4.69) is 116 Å². The van der Waals surface area contributed by atoms with E-state index in [0.29, 0.717) is 5.40 Å². The van der Waals surface area contributed by atoms with Gasteiger partial charge in [0.1, 0.15) is 0 Å². The van der Waals surface area contributed by atoms with E-state index in [1.165, 1.54) is 39.3 Å². The maximum atomic E-state index is 2.33. The van der Waals surface area contributed by atoms with Crippen molar-refractivity contribution in [3.63, 3.8) is 0 Å². The molecule has 4 aromatic carbocycles.